The Balaban J connectivity index is 2.12. The molecule has 3 rings (SSSR count). The molecule has 0 fully saturated rings. The van der Waals surface area contributed by atoms with Crippen molar-refractivity contribution in [2.45, 2.75) is 0 Å². The standard InChI is InChI=1S/C16H12O5/c1-19-11-7-12(17)15-13(8-11)20-9-14(16(15)18)21-10-5-3-2-4-6-10/h2-9,17H,1H3. The first-order valence-electron chi connectivity index (χ1n) is 6.24. The first-order chi connectivity index (χ1) is 10.2. The summed E-state index contributed by atoms with van der Waals surface area (Å²) in [4.78, 5) is 12.4. The van der Waals surface area contributed by atoms with Crippen LogP contribution >= 0.6 is 0 Å². The lowest BCUT2D eigenvalue weighted by atomic mass is 10.2. The summed E-state index contributed by atoms with van der Waals surface area (Å²) in [5.41, 5.74) is -0.211. The van der Waals surface area contributed by atoms with Gasteiger partial charge >= 0.3 is 0 Å². The molecule has 0 aliphatic carbocycles. The molecule has 1 heterocycles. The van der Waals surface area contributed by atoms with E-state index < -0.39 is 5.43 Å². The van der Waals surface area contributed by atoms with Gasteiger partial charge in [-0.15, -0.1) is 0 Å². The monoisotopic (exact) mass is 284 g/mol. The molecular formula is C16H12O5. The highest BCUT2D eigenvalue weighted by atomic mass is 16.5. The molecule has 21 heavy (non-hydrogen) atoms. The fourth-order valence-electron chi connectivity index (χ4n) is 1.99. The van der Waals surface area contributed by atoms with Crippen molar-refractivity contribution < 1.29 is 19.0 Å². The lowest BCUT2D eigenvalue weighted by Crippen LogP contribution is -2.05. The Hall–Kier alpha value is -2.95. The van der Waals surface area contributed by atoms with Crippen LogP contribution in [0.1, 0.15) is 0 Å². The molecule has 0 radical (unpaired) electrons. The van der Waals surface area contributed by atoms with Gasteiger partial charge in [-0.25, -0.2) is 0 Å². The fourth-order valence-corrected chi connectivity index (χ4v) is 1.99. The van der Waals surface area contributed by atoms with Crippen LogP contribution in [0.15, 0.2) is 57.9 Å². The van der Waals surface area contributed by atoms with Crippen LogP contribution in [0.5, 0.6) is 23.0 Å². The van der Waals surface area contributed by atoms with E-state index in [0.29, 0.717) is 11.5 Å². The van der Waals surface area contributed by atoms with Crippen LogP contribution in [-0.2, 0) is 0 Å². The molecule has 106 valence electrons. The molecule has 0 unspecified atom stereocenters. The van der Waals surface area contributed by atoms with Crippen molar-refractivity contribution in [2.24, 2.45) is 0 Å². The summed E-state index contributed by atoms with van der Waals surface area (Å²) in [5.74, 6) is 0.711. The molecule has 1 aromatic heterocycles. The maximum atomic E-state index is 12.4. The van der Waals surface area contributed by atoms with E-state index in [0.717, 1.165) is 0 Å². The summed E-state index contributed by atoms with van der Waals surface area (Å²) in [5, 5.41) is 10.0. The zero-order valence-electron chi connectivity index (χ0n) is 11.2. The van der Waals surface area contributed by atoms with Gasteiger partial charge in [-0.05, 0) is 12.1 Å². The molecule has 0 aliphatic heterocycles. The van der Waals surface area contributed by atoms with E-state index in [4.69, 9.17) is 13.9 Å². The van der Waals surface area contributed by atoms with E-state index in [9.17, 15) is 9.90 Å². The van der Waals surface area contributed by atoms with Gasteiger partial charge in [0.2, 0.25) is 11.2 Å². The van der Waals surface area contributed by atoms with Crippen LogP contribution in [0.25, 0.3) is 11.0 Å². The van der Waals surface area contributed by atoms with E-state index in [2.05, 4.69) is 0 Å². The average Bonchev–Trinajstić information content (AvgIpc) is 2.50. The number of rotatable bonds is 3. The molecule has 0 bridgehead atoms. The third kappa shape index (κ3) is 2.41. The number of phenols is 1. The SMILES string of the molecule is COc1cc(O)c2c(=O)c(Oc3ccccc3)coc2c1. The van der Waals surface area contributed by atoms with Crippen molar-refractivity contribution in [3.63, 3.8) is 0 Å². The summed E-state index contributed by atoms with van der Waals surface area (Å²) in [7, 11) is 1.46. The molecule has 0 spiro atoms. The number of aromatic hydroxyl groups is 1. The number of hydrogen-bond acceptors (Lipinski definition) is 5. The summed E-state index contributed by atoms with van der Waals surface area (Å²) >= 11 is 0. The van der Waals surface area contributed by atoms with Crippen molar-refractivity contribution in [3.05, 3.63) is 59.0 Å². The first-order valence-corrected chi connectivity index (χ1v) is 6.24. The number of benzene rings is 2. The average molecular weight is 284 g/mol. The van der Waals surface area contributed by atoms with E-state index in [1.165, 1.54) is 25.5 Å². The summed E-state index contributed by atoms with van der Waals surface area (Å²) < 4.78 is 15.8. The van der Waals surface area contributed by atoms with Gasteiger partial charge in [0.1, 0.15) is 34.5 Å². The predicted molar refractivity (Wildman–Crippen MR) is 77.2 cm³/mol. The molecule has 1 N–H and O–H groups in total. The zero-order chi connectivity index (χ0) is 14.8. The first kappa shape index (κ1) is 13.1. The van der Waals surface area contributed by atoms with Crippen LogP contribution in [0, 0.1) is 0 Å². The minimum absolute atomic E-state index is 0.00849. The summed E-state index contributed by atoms with van der Waals surface area (Å²) in [6.45, 7) is 0. The van der Waals surface area contributed by atoms with Gasteiger partial charge in [0.15, 0.2) is 0 Å². The second-order valence-corrected chi connectivity index (χ2v) is 4.36. The highest BCUT2D eigenvalue weighted by molar-refractivity contribution is 5.85. The highest BCUT2D eigenvalue weighted by Gasteiger charge is 2.14. The molecule has 5 heteroatoms. The van der Waals surface area contributed by atoms with Crippen molar-refractivity contribution in [1.29, 1.82) is 0 Å². The molecule has 0 amide bonds. The molecule has 0 saturated heterocycles. The van der Waals surface area contributed by atoms with Gasteiger partial charge in [-0.3, -0.25) is 4.79 Å². The number of fused-ring (bicyclic) bond motifs is 1. The maximum Gasteiger partial charge on any atom is 0.238 e. The van der Waals surface area contributed by atoms with Crippen molar-refractivity contribution in [1.82, 2.24) is 0 Å². The molecule has 2 aromatic carbocycles. The number of ether oxygens (including phenoxy) is 2. The smallest absolute Gasteiger partial charge is 0.238 e. The van der Waals surface area contributed by atoms with Crippen LogP contribution in [-0.4, -0.2) is 12.2 Å². The van der Waals surface area contributed by atoms with Gasteiger partial charge in [0.25, 0.3) is 0 Å². The second kappa shape index (κ2) is 5.20. The predicted octanol–water partition coefficient (Wildman–Crippen LogP) is 3.30. The quantitative estimate of drug-likeness (QED) is 0.799. The zero-order valence-corrected chi connectivity index (χ0v) is 11.2. The van der Waals surface area contributed by atoms with Gasteiger partial charge in [0.05, 0.1) is 7.11 Å². The number of hydrogen-bond donors (Lipinski definition) is 1. The lowest BCUT2D eigenvalue weighted by Gasteiger charge is -2.07. The van der Waals surface area contributed by atoms with Crippen molar-refractivity contribution in [3.8, 4) is 23.0 Å². The second-order valence-electron chi connectivity index (χ2n) is 4.36. The number of phenolic OH excluding ortho intramolecular Hbond substituents is 1. The fraction of sp³-hybridized carbons (Fsp3) is 0.0625. The van der Waals surface area contributed by atoms with Crippen LogP contribution < -0.4 is 14.9 Å². The van der Waals surface area contributed by atoms with E-state index in [1.807, 2.05) is 6.07 Å². The normalized spacial score (nSPS) is 10.5. The number of methoxy groups -OCH3 is 1. The van der Waals surface area contributed by atoms with E-state index in [-0.39, 0.29) is 22.5 Å². The molecule has 0 aliphatic rings. The summed E-state index contributed by atoms with van der Waals surface area (Å²) in [6.07, 6.45) is 1.22. The Labute approximate surface area is 120 Å². The van der Waals surface area contributed by atoms with Crippen LogP contribution in [0.4, 0.5) is 0 Å². The molecule has 0 saturated carbocycles. The van der Waals surface area contributed by atoms with Crippen LogP contribution in [0.3, 0.4) is 0 Å². The molecular weight excluding hydrogens is 272 g/mol. The minimum Gasteiger partial charge on any atom is -0.507 e. The third-order valence-electron chi connectivity index (χ3n) is 3.01. The maximum absolute atomic E-state index is 12.4. The highest BCUT2D eigenvalue weighted by Crippen LogP contribution is 2.30. The Morgan fingerprint density at radius 1 is 1.10 bits per heavy atom. The molecule has 3 aromatic rings. The van der Waals surface area contributed by atoms with E-state index >= 15 is 0 Å². The third-order valence-corrected chi connectivity index (χ3v) is 3.01. The number of para-hydroxylation sites is 1. The van der Waals surface area contributed by atoms with Gasteiger partial charge in [-0.2, -0.15) is 0 Å². The molecule has 0 atom stereocenters. The Kier molecular flexibility index (Phi) is 3.23. The Morgan fingerprint density at radius 3 is 2.57 bits per heavy atom. The van der Waals surface area contributed by atoms with Crippen molar-refractivity contribution in [2.75, 3.05) is 7.11 Å². The Morgan fingerprint density at radius 2 is 1.86 bits per heavy atom. The van der Waals surface area contributed by atoms with Gasteiger partial charge in [0, 0.05) is 12.1 Å². The van der Waals surface area contributed by atoms with Crippen LogP contribution in [0.2, 0.25) is 0 Å². The topological polar surface area (TPSA) is 68.9 Å². The van der Waals surface area contributed by atoms with Crippen molar-refractivity contribution >= 4 is 11.0 Å². The largest absolute Gasteiger partial charge is 0.507 e. The minimum atomic E-state index is -0.444. The Bertz CT molecular complexity index is 836. The van der Waals surface area contributed by atoms with E-state index in [1.54, 1.807) is 24.3 Å². The molecule has 5 nitrogen and oxygen atoms in total. The lowest BCUT2D eigenvalue weighted by molar-refractivity contribution is 0.406. The van der Waals surface area contributed by atoms with Gasteiger partial charge < -0.3 is 19.0 Å². The van der Waals surface area contributed by atoms with Gasteiger partial charge in [-0.1, -0.05) is 18.2 Å². The summed E-state index contributed by atoms with van der Waals surface area (Å²) in [6, 6.07) is 11.7.